The minimum atomic E-state index is 0.372. The van der Waals surface area contributed by atoms with Crippen LogP contribution in [0.5, 0.6) is 0 Å². The molecule has 1 fully saturated rings. The molecule has 1 nitrogen and oxygen atoms in total. The van der Waals surface area contributed by atoms with E-state index >= 15 is 0 Å². The first-order valence-corrected chi connectivity index (χ1v) is 9.50. The molecule has 0 bridgehead atoms. The lowest BCUT2D eigenvalue weighted by Crippen LogP contribution is -2.04. The number of thioether (sulfide) groups is 1. The highest BCUT2D eigenvalue weighted by molar-refractivity contribution is 8.00. The van der Waals surface area contributed by atoms with Gasteiger partial charge in [0.15, 0.2) is 0 Å². The first-order valence-electron chi connectivity index (χ1n) is 7.80. The van der Waals surface area contributed by atoms with Crippen molar-refractivity contribution in [2.75, 3.05) is 5.32 Å². The maximum Gasteiger partial charge on any atom is 0.0578 e. The standard InChI is InChI=1S/C18H23NS2/c1-13-7-12-18(20-13)14(2)19-15-8-10-17(11-9-15)21-16-5-3-4-6-16/h7-12,14,16,19H,3-6H2,1-2H3. The van der Waals surface area contributed by atoms with E-state index in [-0.39, 0.29) is 0 Å². The molecule has 3 rings (SSSR count). The number of anilines is 1. The Morgan fingerprint density at radius 3 is 2.43 bits per heavy atom. The van der Waals surface area contributed by atoms with Crippen molar-refractivity contribution >= 4 is 28.8 Å². The van der Waals surface area contributed by atoms with Gasteiger partial charge in [-0.15, -0.1) is 23.1 Å². The lowest BCUT2D eigenvalue weighted by atomic mass is 10.2. The van der Waals surface area contributed by atoms with E-state index in [1.807, 2.05) is 11.3 Å². The first kappa shape index (κ1) is 15.0. The summed E-state index contributed by atoms with van der Waals surface area (Å²) >= 11 is 3.93. The first-order chi connectivity index (χ1) is 10.2. The molecular weight excluding hydrogens is 294 g/mol. The van der Waals surface area contributed by atoms with Crippen molar-refractivity contribution in [2.24, 2.45) is 0 Å². The third kappa shape index (κ3) is 4.04. The van der Waals surface area contributed by atoms with Crippen LogP contribution in [0, 0.1) is 6.92 Å². The Morgan fingerprint density at radius 2 is 1.81 bits per heavy atom. The van der Waals surface area contributed by atoms with Crippen LogP contribution >= 0.6 is 23.1 Å². The van der Waals surface area contributed by atoms with Crippen molar-refractivity contribution in [3.63, 3.8) is 0 Å². The maximum atomic E-state index is 3.59. The number of aryl methyl sites for hydroxylation is 1. The van der Waals surface area contributed by atoms with Gasteiger partial charge in [-0.05, 0) is 63.1 Å². The molecule has 0 radical (unpaired) electrons. The molecule has 1 unspecified atom stereocenters. The summed E-state index contributed by atoms with van der Waals surface area (Å²) in [6.45, 7) is 4.39. The second-order valence-corrected chi connectivity index (χ2v) is 8.56. The molecule has 1 saturated carbocycles. The fraction of sp³-hybridized carbons (Fsp3) is 0.444. The van der Waals surface area contributed by atoms with Crippen molar-refractivity contribution in [3.8, 4) is 0 Å². The Kier molecular flexibility index (Phi) is 4.91. The molecule has 2 aromatic rings. The van der Waals surface area contributed by atoms with E-state index in [2.05, 4.69) is 67.3 Å². The van der Waals surface area contributed by atoms with Crippen LogP contribution in [0.2, 0.25) is 0 Å². The summed E-state index contributed by atoms with van der Waals surface area (Å²) in [5.74, 6) is 0. The Labute approximate surface area is 136 Å². The van der Waals surface area contributed by atoms with Gasteiger partial charge in [-0.2, -0.15) is 0 Å². The zero-order chi connectivity index (χ0) is 14.7. The molecule has 3 heteroatoms. The van der Waals surface area contributed by atoms with E-state index in [0.29, 0.717) is 6.04 Å². The summed E-state index contributed by atoms with van der Waals surface area (Å²) in [5, 5.41) is 4.44. The Hall–Kier alpha value is -0.930. The number of hydrogen-bond donors (Lipinski definition) is 1. The van der Waals surface area contributed by atoms with Crippen LogP contribution in [0.15, 0.2) is 41.3 Å². The van der Waals surface area contributed by atoms with Gasteiger partial charge in [0.25, 0.3) is 0 Å². The van der Waals surface area contributed by atoms with Crippen LogP contribution in [0.3, 0.4) is 0 Å². The molecule has 1 aliphatic rings. The predicted molar refractivity (Wildman–Crippen MR) is 95.6 cm³/mol. The number of thiophene rings is 1. The van der Waals surface area contributed by atoms with Gasteiger partial charge in [-0.3, -0.25) is 0 Å². The molecule has 1 aromatic carbocycles. The molecule has 1 aliphatic carbocycles. The predicted octanol–water partition coefficient (Wildman–Crippen LogP) is 6.26. The number of rotatable bonds is 5. The zero-order valence-corrected chi connectivity index (χ0v) is 14.4. The van der Waals surface area contributed by atoms with Gasteiger partial charge in [0.05, 0.1) is 6.04 Å². The summed E-state index contributed by atoms with van der Waals surface area (Å²) in [6, 6.07) is 13.7. The third-order valence-corrected chi connectivity index (χ3v) is 6.56. The highest BCUT2D eigenvalue weighted by Crippen LogP contribution is 2.35. The second-order valence-electron chi connectivity index (χ2n) is 5.86. The Bertz CT molecular complexity index is 567. The topological polar surface area (TPSA) is 12.0 Å². The third-order valence-electron chi connectivity index (χ3n) is 4.03. The smallest absolute Gasteiger partial charge is 0.0578 e. The molecule has 0 spiro atoms. The molecule has 21 heavy (non-hydrogen) atoms. The normalized spacial score (nSPS) is 17.0. The molecule has 1 heterocycles. The number of nitrogens with one attached hydrogen (secondary N) is 1. The molecule has 1 aromatic heterocycles. The lowest BCUT2D eigenvalue weighted by Gasteiger charge is -2.15. The van der Waals surface area contributed by atoms with E-state index in [9.17, 15) is 0 Å². The van der Waals surface area contributed by atoms with Crippen molar-refractivity contribution in [3.05, 3.63) is 46.2 Å². The summed E-state index contributed by atoms with van der Waals surface area (Å²) in [7, 11) is 0. The van der Waals surface area contributed by atoms with Crippen molar-refractivity contribution in [1.29, 1.82) is 0 Å². The van der Waals surface area contributed by atoms with Crippen molar-refractivity contribution in [1.82, 2.24) is 0 Å². The zero-order valence-electron chi connectivity index (χ0n) is 12.8. The maximum absolute atomic E-state index is 3.59. The van der Waals surface area contributed by atoms with E-state index in [4.69, 9.17) is 0 Å². The van der Waals surface area contributed by atoms with Crippen LogP contribution in [0.1, 0.15) is 48.4 Å². The van der Waals surface area contributed by atoms with Crippen molar-refractivity contribution < 1.29 is 0 Å². The SMILES string of the molecule is Cc1ccc(C(C)Nc2ccc(SC3CCCC3)cc2)s1. The summed E-state index contributed by atoms with van der Waals surface area (Å²) in [5.41, 5.74) is 1.21. The summed E-state index contributed by atoms with van der Waals surface area (Å²) in [6.07, 6.45) is 5.60. The van der Waals surface area contributed by atoms with E-state index in [1.54, 1.807) is 0 Å². The second kappa shape index (κ2) is 6.89. The van der Waals surface area contributed by atoms with Crippen molar-refractivity contribution in [2.45, 2.75) is 55.7 Å². The summed E-state index contributed by atoms with van der Waals surface area (Å²) < 4.78 is 0. The number of benzene rings is 1. The van der Waals surface area contributed by atoms with E-state index in [0.717, 1.165) is 5.25 Å². The quantitative estimate of drug-likeness (QED) is 0.698. The highest BCUT2D eigenvalue weighted by Gasteiger charge is 2.16. The molecule has 0 aliphatic heterocycles. The Morgan fingerprint density at radius 1 is 1.10 bits per heavy atom. The molecule has 0 amide bonds. The summed E-state index contributed by atoms with van der Waals surface area (Å²) in [4.78, 5) is 4.19. The van der Waals surface area contributed by atoms with Gasteiger partial charge in [0.2, 0.25) is 0 Å². The molecule has 1 N–H and O–H groups in total. The Balaban J connectivity index is 1.58. The minimum Gasteiger partial charge on any atom is -0.378 e. The van der Waals surface area contributed by atoms with Crippen LogP contribution in [-0.2, 0) is 0 Å². The highest BCUT2D eigenvalue weighted by atomic mass is 32.2. The average molecular weight is 318 g/mol. The van der Waals surface area contributed by atoms with E-state index < -0.39 is 0 Å². The average Bonchev–Trinajstić information content (AvgIpc) is 3.12. The number of hydrogen-bond acceptors (Lipinski definition) is 3. The molecule has 0 saturated heterocycles. The fourth-order valence-corrected chi connectivity index (χ4v) is 4.96. The van der Waals surface area contributed by atoms with Crippen LogP contribution < -0.4 is 5.32 Å². The van der Waals surface area contributed by atoms with Gasteiger partial charge < -0.3 is 5.32 Å². The largest absolute Gasteiger partial charge is 0.378 e. The minimum absolute atomic E-state index is 0.372. The van der Waals surface area contributed by atoms with E-state index in [1.165, 1.54) is 46.0 Å². The van der Waals surface area contributed by atoms with Crippen LogP contribution in [0.25, 0.3) is 0 Å². The van der Waals surface area contributed by atoms with Gasteiger partial charge in [0, 0.05) is 25.6 Å². The van der Waals surface area contributed by atoms with Gasteiger partial charge in [-0.1, -0.05) is 12.8 Å². The van der Waals surface area contributed by atoms with Crippen LogP contribution in [-0.4, -0.2) is 5.25 Å². The fourth-order valence-electron chi connectivity index (χ4n) is 2.84. The molecule has 1 atom stereocenters. The molecule has 112 valence electrons. The van der Waals surface area contributed by atoms with Gasteiger partial charge in [-0.25, -0.2) is 0 Å². The van der Waals surface area contributed by atoms with Gasteiger partial charge in [0.1, 0.15) is 0 Å². The lowest BCUT2D eigenvalue weighted by molar-refractivity contribution is 0.886. The van der Waals surface area contributed by atoms with Crippen LogP contribution in [0.4, 0.5) is 5.69 Å². The monoisotopic (exact) mass is 317 g/mol. The molecular formula is C18H23NS2. The van der Waals surface area contributed by atoms with Gasteiger partial charge >= 0.3 is 0 Å².